The van der Waals surface area contributed by atoms with Crippen molar-refractivity contribution in [3.05, 3.63) is 35.4 Å². The van der Waals surface area contributed by atoms with Gasteiger partial charge in [0.1, 0.15) is 0 Å². The summed E-state index contributed by atoms with van der Waals surface area (Å²) in [6.45, 7) is 4.86. The molecule has 1 rings (SSSR count). The summed E-state index contributed by atoms with van der Waals surface area (Å²) < 4.78 is 0. The fourth-order valence-corrected chi connectivity index (χ4v) is 1.73. The molecule has 0 saturated heterocycles. The van der Waals surface area contributed by atoms with Crippen LogP contribution in [0.2, 0.25) is 0 Å². The molecule has 3 nitrogen and oxygen atoms in total. The van der Waals surface area contributed by atoms with E-state index >= 15 is 0 Å². The van der Waals surface area contributed by atoms with Gasteiger partial charge in [0.15, 0.2) is 0 Å². The normalized spacial score (nSPS) is 12.7. The van der Waals surface area contributed by atoms with Crippen LogP contribution in [0, 0.1) is 0 Å². The molecule has 1 N–H and O–H groups in total. The van der Waals surface area contributed by atoms with Crippen LogP contribution < -0.4 is 0 Å². The van der Waals surface area contributed by atoms with Crippen LogP contribution in [0.1, 0.15) is 31.4 Å². The Morgan fingerprint density at radius 1 is 1.29 bits per heavy atom. The maximum atomic E-state index is 10.6. The zero-order chi connectivity index (χ0) is 12.8. The van der Waals surface area contributed by atoms with Gasteiger partial charge in [0.05, 0.1) is 6.42 Å². The van der Waals surface area contributed by atoms with Crippen LogP contribution in [0.4, 0.5) is 0 Å². The Hall–Kier alpha value is -1.35. The highest BCUT2D eigenvalue weighted by Crippen LogP contribution is 2.10. The average molecular weight is 235 g/mol. The first-order valence-electron chi connectivity index (χ1n) is 6.02. The molecule has 0 aliphatic rings. The molecular weight excluding hydrogens is 214 g/mol. The van der Waals surface area contributed by atoms with Crippen LogP contribution in [-0.4, -0.2) is 29.1 Å². The first-order valence-corrected chi connectivity index (χ1v) is 6.02. The lowest BCUT2D eigenvalue weighted by molar-refractivity contribution is -0.138. The molecule has 3 heteroatoms. The van der Waals surface area contributed by atoms with E-state index in [1.807, 2.05) is 14.0 Å². The Balaban J connectivity index is 2.54. The average Bonchev–Trinajstić information content (AvgIpc) is 2.29. The largest absolute Gasteiger partial charge is 0.481 e. The second-order valence-corrected chi connectivity index (χ2v) is 4.53. The van der Waals surface area contributed by atoms with Crippen molar-refractivity contribution in [3.63, 3.8) is 0 Å². The second kappa shape index (κ2) is 6.40. The molecule has 0 heterocycles. The fourth-order valence-electron chi connectivity index (χ4n) is 1.73. The highest BCUT2D eigenvalue weighted by Gasteiger charge is 2.12. The molecule has 1 aromatic carbocycles. The summed E-state index contributed by atoms with van der Waals surface area (Å²) in [7, 11) is 1.96. The van der Waals surface area contributed by atoms with Gasteiger partial charge in [-0.05, 0) is 31.5 Å². The number of hydrogen-bond acceptors (Lipinski definition) is 2. The highest BCUT2D eigenvalue weighted by atomic mass is 16.4. The molecule has 0 fully saturated rings. The van der Waals surface area contributed by atoms with Crippen molar-refractivity contribution in [1.82, 2.24) is 4.90 Å². The molecule has 1 atom stereocenters. The zero-order valence-electron chi connectivity index (χ0n) is 10.8. The van der Waals surface area contributed by atoms with Gasteiger partial charge >= 0.3 is 5.97 Å². The standard InChI is InChI=1S/C14H21NO2/c1-4-12-5-7-13(8-6-12)10-15(3)11(2)9-14(16)17/h5-8,11H,4,9-10H2,1-3H3,(H,16,17). The van der Waals surface area contributed by atoms with Crippen LogP contribution >= 0.6 is 0 Å². The lowest BCUT2D eigenvalue weighted by Crippen LogP contribution is -2.30. The van der Waals surface area contributed by atoms with E-state index in [2.05, 4.69) is 36.1 Å². The Morgan fingerprint density at radius 2 is 1.82 bits per heavy atom. The summed E-state index contributed by atoms with van der Waals surface area (Å²) in [5, 5.41) is 8.74. The van der Waals surface area contributed by atoms with Crippen molar-refractivity contribution >= 4 is 5.97 Å². The molecule has 1 aromatic rings. The van der Waals surface area contributed by atoms with Crippen molar-refractivity contribution in [2.45, 2.75) is 39.3 Å². The van der Waals surface area contributed by atoms with Gasteiger partial charge in [-0.3, -0.25) is 9.69 Å². The van der Waals surface area contributed by atoms with E-state index in [0.29, 0.717) is 0 Å². The van der Waals surface area contributed by atoms with Crippen molar-refractivity contribution < 1.29 is 9.90 Å². The van der Waals surface area contributed by atoms with Gasteiger partial charge in [-0.15, -0.1) is 0 Å². The molecule has 17 heavy (non-hydrogen) atoms. The fraction of sp³-hybridized carbons (Fsp3) is 0.500. The van der Waals surface area contributed by atoms with Crippen LogP contribution in [-0.2, 0) is 17.8 Å². The lowest BCUT2D eigenvalue weighted by atomic mass is 10.1. The Bertz CT molecular complexity index is 359. The minimum Gasteiger partial charge on any atom is -0.481 e. The summed E-state index contributed by atoms with van der Waals surface area (Å²) in [5.41, 5.74) is 2.55. The van der Waals surface area contributed by atoms with Gasteiger partial charge in [-0.2, -0.15) is 0 Å². The number of carbonyl (C=O) groups is 1. The third-order valence-corrected chi connectivity index (χ3v) is 3.09. The predicted molar refractivity (Wildman–Crippen MR) is 69.0 cm³/mol. The van der Waals surface area contributed by atoms with Crippen molar-refractivity contribution in [2.24, 2.45) is 0 Å². The van der Waals surface area contributed by atoms with Gasteiger partial charge in [0.25, 0.3) is 0 Å². The van der Waals surface area contributed by atoms with Gasteiger partial charge < -0.3 is 5.11 Å². The smallest absolute Gasteiger partial charge is 0.304 e. The van der Waals surface area contributed by atoms with Gasteiger partial charge in [-0.25, -0.2) is 0 Å². The third-order valence-electron chi connectivity index (χ3n) is 3.09. The topological polar surface area (TPSA) is 40.5 Å². The molecular formula is C14H21NO2. The summed E-state index contributed by atoms with van der Waals surface area (Å²) >= 11 is 0. The van der Waals surface area contributed by atoms with E-state index in [4.69, 9.17) is 5.11 Å². The molecule has 0 amide bonds. The van der Waals surface area contributed by atoms with Crippen molar-refractivity contribution in [2.75, 3.05) is 7.05 Å². The Labute approximate surface area is 103 Å². The minimum absolute atomic E-state index is 0.0540. The summed E-state index contributed by atoms with van der Waals surface area (Å²) in [6, 6.07) is 8.54. The van der Waals surface area contributed by atoms with E-state index in [1.54, 1.807) is 0 Å². The predicted octanol–water partition coefficient (Wildman–Crippen LogP) is 2.54. The van der Waals surface area contributed by atoms with Crippen LogP contribution in [0.3, 0.4) is 0 Å². The molecule has 1 unspecified atom stereocenters. The van der Waals surface area contributed by atoms with Crippen LogP contribution in [0.15, 0.2) is 24.3 Å². The molecule has 0 bridgehead atoms. The van der Waals surface area contributed by atoms with E-state index in [-0.39, 0.29) is 12.5 Å². The van der Waals surface area contributed by atoms with E-state index in [1.165, 1.54) is 11.1 Å². The second-order valence-electron chi connectivity index (χ2n) is 4.53. The number of carboxylic acid groups (broad SMARTS) is 1. The Kier molecular flexibility index (Phi) is 5.16. The number of carboxylic acids is 1. The van der Waals surface area contributed by atoms with Gasteiger partial charge in [0.2, 0.25) is 0 Å². The van der Waals surface area contributed by atoms with E-state index in [0.717, 1.165) is 13.0 Å². The molecule has 0 saturated carbocycles. The molecule has 0 aromatic heterocycles. The van der Waals surface area contributed by atoms with Crippen LogP contribution in [0.5, 0.6) is 0 Å². The number of rotatable bonds is 6. The lowest BCUT2D eigenvalue weighted by Gasteiger charge is -2.23. The Morgan fingerprint density at radius 3 is 2.29 bits per heavy atom. The maximum absolute atomic E-state index is 10.6. The number of benzene rings is 1. The number of nitrogens with zero attached hydrogens (tertiary/aromatic N) is 1. The summed E-state index contributed by atoms with van der Waals surface area (Å²) in [6.07, 6.45) is 1.23. The zero-order valence-corrected chi connectivity index (χ0v) is 10.8. The summed E-state index contributed by atoms with van der Waals surface area (Å²) in [4.78, 5) is 12.7. The highest BCUT2D eigenvalue weighted by molar-refractivity contribution is 5.67. The SMILES string of the molecule is CCc1ccc(CN(C)C(C)CC(=O)O)cc1. The van der Waals surface area contributed by atoms with Crippen molar-refractivity contribution in [3.8, 4) is 0 Å². The molecule has 0 spiro atoms. The quantitative estimate of drug-likeness (QED) is 0.823. The summed E-state index contributed by atoms with van der Waals surface area (Å²) in [5.74, 6) is -0.745. The molecule has 0 aliphatic carbocycles. The third kappa shape index (κ3) is 4.57. The molecule has 94 valence electrons. The van der Waals surface area contributed by atoms with Crippen molar-refractivity contribution in [1.29, 1.82) is 0 Å². The van der Waals surface area contributed by atoms with E-state index in [9.17, 15) is 4.79 Å². The first kappa shape index (κ1) is 13.7. The van der Waals surface area contributed by atoms with Crippen LogP contribution in [0.25, 0.3) is 0 Å². The first-order chi connectivity index (χ1) is 8.02. The monoisotopic (exact) mass is 235 g/mol. The van der Waals surface area contributed by atoms with Gasteiger partial charge in [-0.1, -0.05) is 31.2 Å². The minimum atomic E-state index is -0.745. The number of hydrogen-bond donors (Lipinski definition) is 1. The molecule has 0 aliphatic heterocycles. The molecule has 0 radical (unpaired) electrons. The van der Waals surface area contributed by atoms with Gasteiger partial charge in [0, 0.05) is 12.6 Å². The van der Waals surface area contributed by atoms with E-state index < -0.39 is 5.97 Å². The number of aryl methyl sites for hydroxylation is 1. The number of aliphatic carboxylic acids is 1. The maximum Gasteiger partial charge on any atom is 0.304 e.